The molecule has 0 unspecified atom stereocenters. The molecule has 0 atom stereocenters. The van der Waals surface area contributed by atoms with Crippen molar-refractivity contribution in [1.29, 1.82) is 0 Å². The minimum atomic E-state index is -0.863. The average molecular weight is 294 g/mol. The second kappa shape index (κ2) is 7.09. The van der Waals surface area contributed by atoms with Crippen molar-refractivity contribution in [3.63, 3.8) is 0 Å². The number of rotatable bonds is 7. The monoisotopic (exact) mass is 294 g/mol. The molecule has 110 valence electrons. The molecule has 0 saturated heterocycles. The smallest absolute Gasteiger partial charge is 0.338 e. The number of aryl methyl sites for hydroxylation is 2. The van der Waals surface area contributed by atoms with Crippen molar-refractivity contribution < 1.29 is 9.90 Å². The first kappa shape index (κ1) is 15.3. The van der Waals surface area contributed by atoms with Crippen LogP contribution in [0.3, 0.4) is 0 Å². The van der Waals surface area contributed by atoms with Crippen LogP contribution in [-0.4, -0.2) is 46.3 Å². The first-order valence-electron chi connectivity index (χ1n) is 7.27. The van der Waals surface area contributed by atoms with Crippen LogP contribution in [0.1, 0.15) is 41.9 Å². The van der Waals surface area contributed by atoms with Gasteiger partial charge in [0.1, 0.15) is 5.03 Å². The summed E-state index contributed by atoms with van der Waals surface area (Å²) in [5.74, 6) is 0.0193. The largest absolute Gasteiger partial charge is 0.478 e. The lowest BCUT2D eigenvalue weighted by Gasteiger charge is -2.17. The number of carboxylic acid groups (broad SMARTS) is 1. The highest BCUT2D eigenvalue weighted by Crippen LogP contribution is 2.28. The van der Waals surface area contributed by atoms with Crippen molar-refractivity contribution in [2.45, 2.75) is 38.1 Å². The number of aromatic carboxylic acids is 1. The summed E-state index contributed by atoms with van der Waals surface area (Å²) in [5.41, 5.74) is 2.59. The van der Waals surface area contributed by atoms with Crippen molar-refractivity contribution in [3.8, 4) is 0 Å². The minimum Gasteiger partial charge on any atom is -0.478 e. The van der Waals surface area contributed by atoms with Crippen LogP contribution in [0.15, 0.2) is 11.1 Å². The van der Waals surface area contributed by atoms with Crippen molar-refractivity contribution in [2.24, 2.45) is 0 Å². The summed E-state index contributed by atoms with van der Waals surface area (Å²) in [6.07, 6.45) is 3.04. The van der Waals surface area contributed by atoms with Crippen LogP contribution < -0.4 is 0 Å². The van der Waals surface area contributed by atoms with Gasteiger partial charge in [-0.1, -0.05) is 13.8 Å². The van der Waals surface area contributed by atoms with Crippen LogP contribution in [0.5, 0.6) is 0 Å². The molecule has 0 spiro atoms. The van der Waals surface area contributed by atoms with Gasteiger partial charge in [0.15, 0.2) is 0 Å². The Labute approximate surface area is 124 Å². The number of thioether (sulfide) groups is 1. The Hall–Kier alpha value is -1.07. The van der Waals surface area contributed by atoms with Crippen LogP contribution in [-0.2, 0) is 12.8 Å². The number of carbonyl (C=O) groups is 1. The molecular formula is C15H22N2O2S. The van der Waals surface area contributed by atoms with Crippen molar-refractivity contribution in [1.82, 2.24) is 9.88 Å². The standard InChI is InChI=1S/C15H22N2O2S/c1-3-17(4-2)8-9-20-14-12(15(18)19)10-11-6-5-7-13(11)16-14/h10H,3-9H2,1-2H3,(H,18,19). The third-order valence-electron chi connectivity index (χ3n) is 3.79. The van der Waals surface area contributed by atoms with Crippen LogP contribution in [0.2, 0.25) is 0 Å². The lowest BCUT2D eigenvalue weighted by molar-refractivity contribution is 0.0692. The minimum absolute atomic E-state index is 0.371. The lowest BCUT2D eigenvalue weighted by Crippen LogP contribution is -2.25. The Bertz CT molecular complexity index is 487. The Balaban J connectivity index is 2.08. The van der Waals surface area contributed by atoms with Gasteiger partial charge in [-0.3, -0.25) is 0 Å². The third kappa shape index (κ3) is 3.52. The van der Waals surface area contributed by atoms with Gasteiger partial charge in [0, 0.05) is 18.0 Å². The molecule has 0 saturated carbocycles. The molecule has 4 nitrogen and oxygen atoms in total. The zero-order valence-corrected chi connectivity index (χ0v) is 13.0. The molecule has 1 heterocycles. The quantitative estimate of drug-likeness (QED) is 0.784. The second-order valence-electron chi connectivity index (χ2n) is 4.98. The number of aromatic nitrogens is 1. The van der Waals surface area contributed by atoms with E-state index in [1.807, 2.05) is 6.07 Å². The van der Waals surface area contributed by atoms with Gasteiger partial charge in [0.2, 0.25) is 0 Å². The van der Waals surface area contributed by atoms with Gasteiger partial charge in [-0.2, -0.15) is 0 Å². The maximum absolute atomic E-state index is 11.4. The van der Waals surface area contributed by atoms with Crippen LogP contribution >= 0.6 is 11.8 Å². The molecule has 2 rings (SSSR count). The van der Waals surface area contributed by atoms with Gasteiger partial charge in [0.25, 0.3) is 0 Å². The van der Waals surface area contributed by atoms with E-state index < -0.39 is 5.97 Å². The van der Waals surface area contributed by atoms with E-state index in [9.17, 15) is 9.90 Å². The van der Waals surface area contributed by atoms with Gasteiger partial charge < -0.3 is 10.0 Å². The third-order valence-corrected chi connectivity index (χ3v) is 4.76. The molecule has 1 aromatic rings. The molecule has 0 bridgehead atoms. The summed E-state index contributed by atoms with van der Waals surface area (Å²) in [4.78, 5) is 18.3. The van der Waals surface area contributed by atoms with Crippen molar-refractivity contribution in [3.05, 3.63) is 22.9 Å². The molecule has 0 aliphatic heterocycles. The SMILES string of the molecule is CCN(CC)CCSc1nc2c(cc1C(=O)O)CCC2. The topological polar surface area (TPSA) is 53.4 Å². The highest BCUT2D eigenvalue weighted by Gasteiger charge is 2.20. The molecule has 0 fully saturated rings. The summed E-state index contributed by atoms with van der Waals surface area (Å²) < 4.78 is 0. The molecule has 1 aliphatic rings. The van der Waals surface area contributed by atoms with Crippen LogP contribution in [0, 0.1) is 0 Å². The highest BCUT2D eigenvalue weighted by atomic mass is 32.2. The van der Waals surface area contributed by atoms with Crippen molar-refractivity contribution in [2.75, 3.05) is 25.4 Å². The molecule has 1 aliphatic carbocycles. The predicted octanol–water partition coefficient (Wildman–Crippen LogP) is 2.70. The molecular weight excluding hydrogens is 272 g/mol. The summed E-state index contributed by atoms with van der Waals surface area (Å²) in [6, 6.07) is 1.83. The van der Waals surface area contributed by atoms with Crippen LogP contribution in [0.25, 0.3) is 0 Å². The molecule has 1 N–H and O–H groups in total. The Morgan fingerprint density at radius 1 is 1.40 bits per heavy atom. The maximum atomic E-state index is 11.4. The molecule has 1 aromatic heterocycles. The van der Waals surface area contributed by atoms with E-state index in [0.717, 1.165) is 55.9 Å². The Morgan fingerprint density at radius 3 is 2.80 bits per heavy atom. The first-order chi connectivity index (χ1) is 9.65. The van der Waals surface area contributed by atoms with E-state index >= 15 is 0 Å². The molecule has 0 radical (unpaired) electrons. The van der Waals surface area contributed by atoms with E-state index in [2.05, 4.69) is 23.7 Å². The van der Waals surface area contributed by atoms with Gasteiger partial charge >= 0.3 is 5.97 Å². The summed E-state index contributed by atoms with van der Waals surface area (Å²) in [6.45, 7) is 7.31. The average Bonchev–Trinajstić information content (AvgIpc) is 2.89. The second-order valence-corrected chi connectivity index (χ2v) is 6.06. The molecule has 20 heavy (non-hydrogen) atoms. The molecule has 0 amide bonds. The number of pyridine rings is 1. The summed E-state index contributed by atoms with van der Waals surface area (Å²) >= 11 is 1.57. The number of hydrogen-bond donors (Lipinski definition) is 1. The zero-order chi connectivity index (χ0) is 14.5. The fourth-order valence-electron chi connectivity index (χ4n) is 2.53. The Morgan fingerprint density at radius 2 is 2.15 bits per heavy atom. The van der Waals surface area contributed by atoms with E-state index in [0.29, 0.717) is 10.6 Å². The zero-order valence-electron chi connectivity index (χ0n) is 12.2. The predicted molar refractivity (Wildman–Crippen MR) is 81.7 cm³/mol. The van der Waals surface area contributed by atoms with E-state index in [1.165, 1.54) is 0 Å². The normalized spacial score (nSPS) is 13.8. The van der Waals surface area contributed by atoms with E-state index in [-0.39, 0.29) is 0 Å². The van der Waals surface area contributed by atoms with Crippen molar-refractivity contribution >= 4 is 17.7 Å². The molecule has 0 aromatic carbocycles. The Kier molecular flexibility index (Phi) is 5.43. The number of carboxylic acids is 1. The fraction of sp³-hybridized carbons (Fsp3) is 0.600. The van der Waals surface area contributed by atoms with Gasteiger partial charge in [-0.25, -0.2) is 9.78 Å². The fourth-order valence-corrected chi connectivity index (χ4v) is 3.55. The van der Waals surface area contributed by atoms with E-state index in [4.69, 9.17) is 0 Å². The van der Waals surface area contributed by atoms with E-state index in [1.54, 1.807) is 11.8 Å². The number of fused-ring (bicyclic) bond motifs is 1. The van der Waals surface area contributed by atoms with Crippen LogP contribution in [0.4, 0.5) is 0 Å². The molecule has 5 heteroatoms. The summed E-state index contributed by atoms with van der Waals surface area (Å²) in [7, 11) is 0. The lowest BCUT2D eigenvalue weighted by atomic mass is 10.1. The van der Waals surface area contributed by atoms with Gasteiger partial charge in [-0.05, 0) is 44.0 Å². The van der Waals surface area contributed by atoms with Gasteiger partial charge in [-0.15, -0.1) is 11.8 Å². The highest BCUT2D eigenvalue weighted by molar-refractivity contribution is 7.99. The van der Waals surface area contributed by atoms with Gasteiger partial charge in [0.05, 0.1) is 5.56 Å². The number of nitrogens with zero attached hydrogens (tertiary/aromatic N) is 2. The number of hydrogen-bond acceptors (Lipinski definition) is 4. The summed E-state index contributed by atoms with van der Waals surface area (Å²) in [5, 5.41) is 10.0. The first-order valence-corrected chi connectivity index (χ1v) is 8.25. The maximum Gasteiger partial charge on any atom is 0.338 e.